The molecule has 190 valence electrons. The van der Waals surface area contributed by atoms with Gasteiger partial charge < -0.3 is 14.1 Å². The molecule has 11 heteroatoms. The smallest absolute Gasteiger partial charge is 0.269 e. The third kappa shape index (κ3) is 5.12. The van der Waals surface area contributed by atoms with Crippen molar-refractivity contribution in [3.05, 3.63) is 36.1 Å². The minimum Gasteiger partial charge on any atom is -0.462 e. The van der Waals surface area contributed by atoms with Crippen molar-refractivity contribution in [2.24, 2.45) is 0 Å². The maximum atomic E-state index is 6.64. The van der Waals surface area contributed by atoms with Gasteiger partial charge in [-0.1, -0.05) is 32.4 Å². The van der Waals surface area contributed by atoms with E-state index in [4.69, 9.17) is 38.1 Å². The summed E-state index contributed by atoms with van der Waals surface area (Å²) in [5, 5.41) is 6.85. The number of fused-ring (bicyclic) bond motifs is 1. The van der Waals surface area contributed by atoms with Gasteiger partial charge in [0.05, 0.1) is 23.0 Å². The lowest BCUT2D eigenvalue weighted by Gasteiger charge is -2.40. The van der Waals surface area contributed by atoms with Gasteiger partial charge in [0, 0.05) is 37.7 Å². The Morgan fingerprint density at radius 1 is 1.23 bits per heavy atom. The van der Waals surface area contributed by atoms with Crippen LogP contribution in [0.15, 0.2) is 31.0 Å². The van der Waals surface area contributed by atoms with Gasteiger partial charge in [-0.25, -0.2) is 9.97 Å². The van der Waals surface area contributed by atoms with Crippen molar-refractivity contribution in [3.8, 4) is 0 Å². The zero-order valence-corrected chi connectivity index (χ0v) is 24.2. The number of rotatable bonds is 7. The highest BCUT2D eigenvalue weighted by atomic mass is 35.5. The summed E-state index contributed by atoms with van der Waals surface area (Å²) in [5.74, 6) is 0.921. The lowest BCUT2D eigenvalue weighted by atomic mass is 9.97. The van der Waals surface area contributed by atoms with Crippen LogP contribution >= 0.6 is 23.8 Å². The van der Waals surface area contributed by atoms with E-state index < -0.39 is 20.0 Å². The predicted octanol–water partition coefficient (Wildman–Crippen LogP) is 5.47. The van der Waals surface area contributed by atoms with Gasteiger partial charge in [-0.2, -0.15) is 5.10 Å². The first-order valence-corrected chi connectivity index (χ1v) is 15.6. The minimum absolute atomic E-state index is 0.0643. The first kappa shape index (κ1) is 26.1. The number of thiocarbonyl (C=S) groups is 1. The second-order valence-corrected chi connectivity index (χ2v) is 16.7. The fourth-order valence-electron chi connectivity index (χ4n) is 3.74. The highest BCUT2D eigenvalue weighted by Gasteiger charge is 2.42. The van der Waals surface area contributed by atoms with Crippen molar-refractivity contribution in [1.82, 2.24) is 24.3 Å². The lowest BCUT2D eigenvalue weighted by molar-refractivity contribution is 0.0203. The van der Waals surface area contributed by atoms with E-state index in [1.807, 2.05) is 16.9 Å². The molecule has 4 heterocycles. The summed E-state index contributed by atoms with van der Waals surface area (Å²) < 4.78 is 16.8. The predicted molar refractivity (Wildman–Crippen MR) is 147 cm³/mol. The summed E-state index contributed by atoms with van der Waals surface area (Å²) in [6.45, 7) is 17.7. The Bertz CT molecular complexity index is 1200. The molecule has 0 spiro atoms. The minimum atomic E-state index is -2.05. The number of hydrogen-bond donors (Lipinski definition) is 0. The standard InChI is InChI=1S/C24H35ClN6O2SSi/c1-23(2,3)35(6,7)32-15-19(33-22(34)30-12-9-26-16-30)24(4,5)31-18-13-20(25)27-14-17(18)21(28-31)29-10-8-11-29/h9,12-14,16,19H,8,10-11,15H2,1-7H3. The SMILES string of the molecule is CC(C)(C(CO[Si](C)(C)C(C)(C)C)OC(=S)n1ccnc1)n1nc(N2CCC2)c2cnc(Cl)cc21. The molecule has 1 aliphatic heterocycles. The molecule has 1 fully saturated rings. The van der Waals surface area contributed by atoms with Gasteiger partial charge >= 0.3 is 0 Å². The van der Waals surface area contributed by atoms with Crippen LogP contribution < -0.4 is 4.90 Å². The molecule has 35 heavy (non-hydrogen) atoms. The van der Waals surface area contributed by atoms with E-state index in [9.17, 15) is 0 Å². The number of aromatic nitrogens is 5. The normalized spacial score (nSPS) is 15.8. The van der Waals surface area contributed by atoms with Gasteiger partial charge in [-0.05, 0) is 50.6 Å². The van der Waals surface area contributed by atoms with Gasteiger partial charge in [-0.15, -0.1) is 0 Å². The van der Waals surface area contributed by atoms with E-state index >= 15 is 0 Å². The average molecular weight is 535 g/mol. The van der Waals surface area contributed by atoms with Crippen molar-refractivity contribution in [2.45, 2.75) is 70.8 Å². The molecule has 0 saturated carbocycles. The molecule has 1 atom stereocenters. The molecule has 3 aromatic rings. The average Bonchev–Trinajstić information content (AvgIpc) is 3.37. The summed E-state index contributed by atoms with van der Waals surface area (Å²) in [6, 6.07) is 1.87. The molecule has 0 N–H and O–H groups in total. The van der Waals surface area contributed by atoms with Crippen LogP contribution in [-0.4, -0.2) is 63.6 Å². The van der Waals surface area contributed by atoms with E-state index in [0.29, 0.717) is 16.9 Å². The topological polar surface area (TPSA) is 70.2 Å². The maximum Gasteiger partial charge on any atom is 0.269 e. The van der Waals surface area contributed by atoms with Crippen molar-refractivity contribution in [3.63, 3.8) is 0 Å². The molecule has 0 radical (unpaired) electrons. The van der Waals surface area contributed by atoms with E-state index in [0.717, 1.165) is 36.2 Å². The van der Waals surface area contributed by atoms with Crippen molar-refractivity contribution in [2.75, 3.05) is 24.6 Å². The van der Waals surface area contributed by atoms with Crippen LogP contribution in [0.4, 0.5) is 5.82 Å². The maximum absolute atomic E-state index is 6.64. The number of hydrogen-bond acceptors (Lipinski definition) is 7. The van der Waals surface area contributed by atoms with Crippen LogP contribution in [0.2, 0.25) is 23.3 Å². The second kappa shape index (κ2) is 9.46. The molecule has 1 unspecified atom stereocenters. The fourth-order valence-corrected chi connectivity index (χ4v) is 5.12. The van der Waals surface area contributed by atoms with Gasteiger partial charge in [0.25, 0.3) is 5.17 Å². The molecule has 1 saturated heterocycles. The number of ether oxygens (including phenoxy) is 1. The highest BCUT2D eigenvalue weighted by molar-refractivity contribution is 7.80. The Morgan fingerprint density at radius 2 is 1.94 bits per heavy atom. The zero-order chi connectivity index (χ0) is 25.6. The molecule has 0 aliphatic carbocycles. The zero-order valence-electron chi connectivity index (χ0n) is 21.6. The quantitative estimate of drug-likeness (QED) is 0.226. The van der Waals surface area contributed by atoms with Gasteiger partial charge in [0.2, 0.25) is 0 Å². The molecule has 1 aliphatic rings. The van der Waals surface area contributed by atoms with Gasteiger partial charge in [0.15, 0.2) is 14.1 Å². The van der Waals surface area contributed by atoms with E-state index in [1.54, 1.807) is 23.3 Å². The lowest BCUT2D eigenvalue weighted by Crippen LogP contribution is -2.50. The van der Waals surface area contributed by atoms with Crippen LogP contribution in [0.5, 0.6) is 0 Å². The third-order valence-corrected chi connectivity index (χ3v) is 12.4. The van der Waals surface area contributed by atoms with Gasteiger partial charge in [0.1, 0.15) is 17.6 Å². The second-order valence-electron chi connectivity index (χ2n) is 11.2. The molecule has 0 bridgehead atoms. The first-order chi connectivity index (χ1) is 16.3. The molecular formula is C24H35ClN6O2SSi. The number of imidazole rings is 1. The Morgan fingerprint density at radius 3 is 2.51 bits per heavy atom. The Balaban J connectivity index is 1.74. The summed E-state index contributed by atoms with van der Waals surface area (Å²) in [5.41, 5.74) is 0.283. The van der Waals surface area contributed by atoms with E-state index in [2.05, 4.69) is 62.6 Å². The summed E-state index contributed by atoms with van der Waals surface area (Å²) in [7, 11) is -2.05. The number of anilines is 1. The van der Waals surface area contributed by atoms with Crippen molar-refractivity contribution < 1.29 is 9.16 Å². The first-order valence-electron chi connectivity index (χ1n) is 11.9. The molecule has 8 nitrogen and oxygen atoms in total. The number of halogens is 1. The van der Waals surface area contributed by atoms with Crippen LogP contribution in [0.25, 0.3) is 10.9 Å². The third-order valence-electron chi connectivity index (χ3n) is 7.36. The van der Waals surface area contributed by atoms with Crippen LogP contribution in [0.1, 0.15) is 41.0 Å². The van der Waals surface area contributed by atoms with Crippen LogP contribution in [-0.2, 0) is 14.7 Å². The molecule has 3 aromatic heterocycles. The van der Waals surface area contributed by atoms with Gasteiger partial charge in [-0.3, -0.25) is 9.25 Å². The Hall–Kier alpha value is -2.01. The van der Waals surface area contributed by atoms with E-state index in [-0.39, 0.29) is 5.04 Å². The fraction of sp³-hybridized carbons (Fsp3) is 0.583. The van der Waals surface area contributed by atoms with Crippen molar-refractivity contribution in [1.29, 1.82) is 0 Å². The summed E-state index contributed by atoms with van der Waals surface area (Å²) in [6.07, 6.45) is 7.63. The van der Waals surface area contributed by atoms with Crippen LogP contribution in [0, 0.1) is 0 Å². The number of nitrogens with zero attached hydrogens (tertiary/aromatic N) is 6. The molecule has 0 aromatic carbocycles. The van der Waals surface area contributed by atoms with E-state index in [1.165, 1.54) is 0 Å². The number of pyridine rings is 1. The Labute approximate surface area is 218 Å². The molecule has 0 amide bonds. The molecule has 4 rings (SSSR count). The van der Waals surface area contributed by atoms with Crippen LogP contribution in [0.3, 0.4) is 0 Å². The summed E-state index contributed by atoms with van der Waals surface area (Å²) >= 11 is 12.0. The monoisotopic (exact) mass is 534 g/mol. The summed E-state index contributed by atoms with van der Waals surface area (Å²) in [4.78, 5) is 10.7. The van der Waals surface area contributed by atoms with Crippen molar-refractivity contribution >= 4 is 54.0 Å². The Kier molecular flexibility index (Phi) is 7.04. The highest BCUT2D eigenvalue weighted by Crippen LogP contribution is 2.39. The molecular weight excluding hydrogens is 500 g/mol. The largest absolute Gasteiger partial charge is 0.462 e.